The van der Waals surface area contributed by atoms with Crippen LogP contribution in [0.5, 0.6) is 0 Å². The van der Waals surface area contributed by atoms with Crippen molar-refractivity contribution in [2.24, 2.45) is 5.92 Å². The van der Waals surface area contributed by atoms with Gasteiger partial charge in [0.1, 0.15) is 5.60 Å². The topological polar surface area (TPSA) is 49.3 Å². The van der Waals surface area contributed by atoms with Crippen LogP contribution in [-0.2, 0) is 10.4 Å². The molecule has 0 aromatic carbocycles. The molecule has 18 heavy (non-hydrogen) atoms. The first-order valence-electron chi connectivity index (χ1n) is 6.20. The van der Waals surface area contributed by atoms with Crippen molar-refractivity contribution in [3.8, 4) is 0 Å². The molecular weight excluding hydrogens is 246 g/mol. The Bertz CT molecular complexity index is 444. The van der Waals surface area contributed by atoms with Gasteiger partial charge < -0.3 is 10.4 Å². The Kier molecular flexibility index (Phi) is 3.88. The highest BCUT2D eigenvalue weighted by Crippen LogP contribution is 2.35. The van der Waals surface area contributed by atoms with Gasteiger partial charge in [0.15, 0.2) is 0 Å². The molecule has 1 aromatic rings. The molecule has 0 radical (unpaired) electrons. The third-order valence-corrected chi connectivity index (χ3v) is 4.01. The molecule has 1 aliphatic carbocycles. The van der Waals surface area contributed by atoms with Crippen molar-refractivity contribution in [2.45, 2.75) is 32.3 Å². The van der Waals surface area contributed by atoms with Crippen LogP contribution >= 0.6 is 11.3 Å². The first-order chi connectivity index (χ1) is 8.49. The van der Waals surface area contributed by atoms with Gasteiger partial charge in [-0.25, -0.2) is 0 Å². The third kappa shape index (κ3) is 3.43. The summed E-state index contributed by atoms with van der Waals surface area (Å²) < 4.78 is 0. The first kappa shape index (κ1) is 13.3. The summed E-state index contributed by atoms with van der Waals surface area (Å²) in [5.74, 6) is 0.489. The lowest BCUT2D eigenvalue weighted by atomic mass is 9.99. The second kappa shape index (κ2) is 5.24. The summed E-state index contributed by atoms with van der Waals surface area (Å²) in [7, 11) is 0. The number of carbonyl (C=O) groups excluding carboxylic acids is 1. The van der Waals surface area contributed by atoms with Crippen molar-refractivity contribution < 1.29 is 9.90 Å². The molecule has 0 aliphatic heterocycles. The number of allylic oxidation sites excluding steroid dienone is 1. The third-order valence-electron chi connectivity index (χ3n) is 3.33. The molecule has 1 unspecified atom stereocenters. The lowest BCUT2D eigenvalue weighted by molar-refractivity contribution is -0.117. The van der Waals surface area contributed by atoms with Gasteiger partial charge in [0.25, 0.3) is 0 Å². The molecule has 0 saturated heterocycles. The Hall–Kier alpha value is -1.13. The molecule has 1 saturated carbocycles. The fourth-order valence-electron chi connectivity index (χ4n) is 1.85. The fraction of sp³-hybridized carbons (Fsp3) is 0.500. The number of nitrogens with one attached hydrogen (secondary N) is 1. The number of rotatable bonds is 5. The Morgan fingerprint density at radius 3 is 2.94 bits per heavy atom. The highest BCUT2D eigenvalue weighted by molar-refractivity contribution is 7.08. The number of hydrogen-bond acceptors (Lipinski definition) is 3. The van der Waals surface area contributed by atoms with Crippen LogP contribution in [-0.4, -0.2) is 17.6 Å². The van der Waals surface area contributed by atoms with Crippen molar-refractivity contribution in [3.05, 3.63) is 34.0 Å². The van der Waals surface area contributed by atoms with E-state index in [1.807, 2.05) is 23.8 Å². The lowest BCUT2D eigenvalue weighted by Gasteiger charge is -2.22. The second-order valence-corrected chi connectivity index (χ2v) is 5.95. The molecule has 1 heterocycles. The van der Waals surface area contributed by atoms with Crippen molar-refractivity contribution in [1.29, 1.82) is 0 Å². The average molecular weight is 265 g/mol. The van der Waals surface area contributed by atoms with Crippen LogP contribution < -0.4 is 5.32 Å². The van der Waals surface area contributed by atoms with Gasteiger partial charge in [0.05, 0.1) is 6.54 Å². The monoisotopic (exact) mass is 265 g/mol. The number of thiophene rings is 1. The van der Waals surface area contributed by atoms with Gasteiger partial charge >= 0.3 is 0 Å². The standard InChI is InChI=1S/C14H19NO2S/c1-10(11-3-4-11)7-13(16)15-9-14(2,17)12-5-6-18-8-12/h5-8,11,17H,3-4,9H2,1-2H3,(H,15,16)/b10-7-. The molecule has 2 N–H and O–H groups in total. The summed E-state index contributed by atoms with van der Waals surface area (Å²) in [6.45, 7) is 3.94. The zero-order valence-corrected chi connectivity index (χ0v) is 11.6. The molecule has 98 valence electrons. The predicted octanol–water partition coefficient (Wildman–Crippen LogP) is 2.43. The Labute approximate surface area is 112 Å². The maximum absolute atomic E-state index is 11.7. The van der Waals surface area contributed by atoms with E-state index in [0.717, 1.165) is 11.1 Å². The highest BCUT2D eigenvalue weighted by Gasteiger charge is 2.25. The first-order valence-corrected chi connectivity index (χ1v) is 7.14. The van der Waals surface area contributed by atoms with E-state index in [4.69, 9.17) is 0 Å². The average Bonchev–Trinajstić information content (AvgIpc) is 3.01. The Balaban J connectivity index is 1.87. The van der Waals surface area contributed by atoms with Gasteiger partial charge in [-0.3, -0.25) is 4.79 Å². The maximum Gasteiger partial charge on any atom is 0.244 e. The summed E-state index contributed by atoms with van der Waals surface area (Å²) in [5.41, 5.74) is 0.982. The molecule has 1 aromatic heterocycles. The van der Waals surface area contributed by atoms with Crippen LogP contribution in [0.2, 0.25) is 0 Å². The molecule has 1 aliphatic rings. The summed E-state index contributed by atoms with van der Waals surface area (Å²) in [4.78, 5) is 11.7. The number of amides is 1. The maximum atomic E-state index is 11.7. The van der Waals surface area contributed by atoms with E-state index in [2.05, 4.69) is 5.32 Å². The molecule has 0 spiro atoms. The van der Waals surface area contributed by atoms with Gasteiger partial charge in [0, 0.05) is 6.08 Å². The van der Waals surface area contributed by atoms with E-state index in [9.17, 15) is 9.90 Å². The highest BCUT2D eigenvalue weighted by atomic mass is 32.1. The minimum atomic E-state index is -1.00. The summed E-state index contributed by atoms with van der Waals surface area (Å²) in [6.07, 6.45) is 4.05. The van der Waals surface area contributed by atoms with Gasteiger partial charge in [-0.1, -0.05) is 5.57 Å². The van der Waals surface area contributed by atoms with Gasteiger partial charge in [-0.15, -0.1) is 0 Å². The van der Waals surface area contributed by atoms with E-state index < -0.39 is 5.60 Å². The summed E-state index contributed by atoms with van der Waals surface area (Å²) in [6, 6.07) is 1.88. The SMILES string of the molecule is C/C(=C/C(=O)NCC(C)(O)c1ccsc1)C1CC1. The molecule has 2 rings (SSSR count). The minimum absolute atomic E-state index is 0.116. The van der Waals surface area contributed by atoms with E-state index in [-0.39, 0.29) is 12.5 Å². The van der Waals surface area contributed by atoms with Crippen LogP contribution in [0, 0.1) is 5.92 Å². The van der Waals surface area contributed by atoms with Crippen molar-refractivity contribution in [3.63, 3.8) is 0 Å². The second-order valence-electron chi connectivity index (χ2n) is 5.17. The summed E-state index contributed by atoms with van der Waals surface area (Å²) >= 11 is 1.54. The van der Waals surface area contributed by atoms with Gasteiger partial charge in [-0.05, 0) is 55.0 Å². The minimum Gasteiger partial charge on any atom is -0.384 e. The van der Waals surface area contributed by atoms with E-state index >= 15 is 0 Å². The number of carbonyl (C=O) groups is 1. The Morgan fingerprint density at radius 2 is 2.39 bits per heavy atom. The van der Waals surface area contributed by atoms with E-state index in [0.29, 0.717) is 5.92 Å². The molecule has 1 amide bonds. The molecule has 0 bridgehead atoms. The number of aliphatic hydroxyl groups is 1. The molecule has 1 atom stereocenters. The van der Waals surface area contributed by atoms with Crippen molar-refractivity contribution in [2.75, 3.05) is 6.54 Å². The summed E-state index contributed by atoms with van der Waals surface area (Å²) in [5, 5.41) is 16.8. The predicted molar refractivity (Wildman–Crippen MR) is 73.4 cm³/mol. The van der Waals surface area contributed by atoms with Gasteiger partial charge in [-0.2, -0.15) is 11.3 Å². The zero-order valence-electron chi connectivity index (χ0n) is 10.8. The molecule has 4 heteroatoms. The zero-order chi connectivity index (χ0) is 13.2. The van der Waals surface area contributed by atoms with Crippen molar-refractivity contribution >= 4 is 17.2 Å². The molecular formula is C14H19NO2S. The quantitative estimate of drug-likeness (QED) is 0.803. The lowest BCUT2D eigenvalue weighted by Crippen LogP contribution is -2.37. The van der Waals surface area contributed by atoms with Crippen LogP contribution in [0.25, 0.3) is 0 Å². The van der Waals surface area contributed by atoms with Crippen molar-refractivity contribution in [1.82, 2.24) is 5.32 Å². The van der Waals surface area contributed by atoms with E-state index in [1.165, 1.54) is 24.2 Å². The molecule has 3 nitrogen and oxygen atoms in total. The normalized spacial score (nSPS) is 19.4. The van der Waals surface area contributed by atoms with Gasteiger partial charge in [0.2, 0.25) is 5.91 Å². The largest absolute Gasteiger partial charge is 0.384 e. The van der Waals surface area contributed by atoms with Crippen LogP contribution in [0.4, 0.5) is 0 Å². The van der Waals surface area contributed by atoms with E-state index in [1.54, 1.807) is 13.0 Å². The smallest absolute Gasteiger partial charge is 0.244 e. The number of hydrogen-bond donors (Lipinski definition) is 2. The Morgan fingerprint density at radius 1 is 1.67 bits per heavy atom. The van der Waals surface area contributed by atoms with Crippen LogP contribution in [0.1, 0.15) is 32.3 Å². The fourth-order valence-corrected chi connectivity index (χ4v) is 2.63. The van der Waals surface area contributed by atoms with Crippen LogP contribution in [0.15, 0.2) is 28.5 Å². The molecule has 1 fully saturated rings. The van der Waals surface area contributed by atoms with Crippen LogP contribution in [0.3, 0.4) is 0 Å².